The molecule has 4 heteroatoms. The molecule has 4 nitrogen and oxygen atoms in total. The van der Waals surface area contributed by atoms with E-state index in [4.69, 9.17) is 10.5 Å². The van der Waals surface area contributed by atoms with Crippen LogP contribution < -0.4 is 10.5 Å². The van der Waals surface area contributed by atoms with Gasteiger partial charge in [0.1, 0.15) is 11.6 Å². The molecule has 0 bridgehead atoms. The van der Waals surface area contributed by atoms with Crippen molar-refractivity contribution in [1.29, 1.82) is 0 Å². The molecule has 2 N–H and O–H groups in total. The maximum atomic E-state index is 5.74. The summed E-state index contributed by atoms with van der Waals surface area (Å²) >= 11 is 0. The van der Waals surface area contributed by atoms with Crippen LogP contribution in [0.3, 0.4) is 0 Å². The number of hydrogen-bond acceptors (Lipinski definition) is 4. The number of rotatable bonds is 5. The number of nitrogens with two attached hydrogens (primary N) is 1. The van der Waals surface area contributed by atoms with Gasteiger partial charge in [-0.3, -0.25) is 5.01 Å². The second-order valence-electron chi connectivity index (χ2n) is 4.35. The van der Waals surface area contributed by atoms with Crippen molar-refractivity contribution in [1.82, 2.24) is 5.01 Å². The molecule has 2 rings (SSSR count). The monoisotopic (exact) mass is 233 g/mol. The molecular weight excluding hydrogens is 214 g/mol. The van der Waals surface area contributed by atoms with Crippen LogP contribution in [0.4, 0.5) is 0 Å². The predicted octanol–water partition coefficient (Wildman–Crippen LogP) is 1.68. The molecule has 0 fully saturated rings. The Bertz CT molecular complexity index is 378. The van der Waals surface area contributed by atoms with Crippen LogP contribution in [-0.4, -0.2) is 30.5 Å². The predicted molar refractivity (Wildman–Crippen MR) is 68.9 cm³/mol. The Morgan fingerprint density at radius 2 is 2.18 bits per heavy atom. The van der Waals surface area contributed by atoms with Crippen molar-refractivity contribution in [2.75, 3.05) is 19.7 Å². The summed E-state index contributed by atoms with van der Waals surface area (Å²) in [7, 11) is 0. The number of amidine groups is 1. The average Bonchev–Trinajstić information content (AvgIpc) is 2.66. The molecule has 0 radical (unpaired) electrons. The standard InChI is InChI=1S/C13H19N3O/c1-11-10-16(15-13(11)14)8-5-9-17-12-6-3-2-4-7-12/h2-4,6-7,11H,5,8-10H2,1H3,(H2,14,15). The lowest BCUT2D eigenvalue weighted by atomic mass is 10.2. The molecule has 1 aliphatic heterocycles. The molecule has 0 aromatic heterocycles. The first kappa shape index (κ1) is 11.8. The molecule has 92 valence electrons. The van der Waals surface area contributed by atoms with Crippen molar-refractivity contribution >= 4 is 5.84 Å². The van der Waals surface area contributed by atoms with E-state index in [1.165, 1.54) is 0 Å². The molecular formula is C13H19N3O. The van der Waals surface area contributed by atoms with Gasteiger partial charge >= 0.3 is 0 Å². The summed E-state index contributed by atoms with van der Waals surface area (Å²) in [4.78, 5) is 0. The van der Waals surface area contributed by atoms with Crippen LogP contribution in [0.15, 0.2) is 35.4 Å². The molecule has 17 heavy (non-hydrogen) atoms. The van der Waals surface area contributed by atoms with E-state index in [2.05, 4.69) is 12.0 Å². The first-order valence-electron chi connectivity index (χ1n) is 6.02. The molecule has 1 aromatic rings. The Labute approximate surface area is 102 Å². The van der Waals surface area contributed by atoms with Crippen LogP contribution in [0.2, 0.25) is 0 Å². The summed E-state index contributed by atoms with van der Waals surface area (Å²) in [5, 5.41) is 6.31. The maximum absolute atomic E-state index is 5.74. The van der Waals surface area contributed by atoms with Crippen molar-refractivity contribution in [2.45, 2.75) is 13.3 Å². The first-order chi connectivity index (χ1) is 8.25. The molecule has 0 saturated carbocycles. The Balaban J connectivity index is 1.64. The molecule has 0 spiro atoms. The van der Waals surface area contributed by atoms with E-state index < -0.39 is 0 Å². The van der Waals surface area contributed by atoms with Crippen molar-refractivity contribution < 1.29 is 4.74 Å². The van der Waals surface area contributed by atoms with Crippen LogP contribution in [0, 0.1) is 5.92 Å². The van der Waals surface area contributed by atoms with Gasteiger partial charge in [0, 0.05) is 25.4 Å². The number of hydrazone groups is 1. The Morgan fingerprint density at radius 1 is 1.41 bits per heavy atom. The highest BCUT2D eigenvalue weighted by molar-refractivity contribution is 5.83. The fraction of sp³-hybridized carbons (Fsp3) is 0.462. The number of ether oxygens (including phenoxy) is 1. The van der Waals surface area contributed by atoms with E-state index in [1.54, 1.807) is 0 Å². The lowest BCUT2D eigenvalue weighted by molar-refractivity contribution is 0.247. The highest BCUT2D eigenvalue weighted by atomic mass is 16.5. The third-order valence-electron chi connectivity index (χ3n) is 2.82. The van der Waals surface area contributed by atoms with Crippen molar-refractivity contribution in [3.63, 3.8) is 0 Å². The van der Waals surface area contributed by atoms with Crippen molar-refractivity contribution in [3.05, 3.63) is 30.3 Å². The largest absolute Gasteiger partial charge is 0.494 e. The second kappa shape index (κ2) is 5.57. The zero-order chi connectivity index (χ0) is 12.1. The van der Waals surface area contributed by atoms with Gasteiger partial charge in [-0.15, -0.1) is 0 Å². The Hall–Kier alpha value is -1.71. The van der Waals surface area contributed by atoms with Gasteiger partial charge in [0.15, 0.2) is 0 Å². The number of benzene rings is 1. The lowest BCUT2D eigenvalue weighted by Crippen LogP contribution is -2.22. The van der Waals surface area contributed by atoms with Crippen LogP contribution >= 0.6 is 0 Å². The third kappa shape index (κ3) is 3.37. The topological polar surface area (TPSA) is 50.8 Å². The molecule has 1 aliphatic rings. The molecule has 0 aliphatic carbocycles. The molecule has 1 unspecified atom stereocenters. The summed E-state index contributed by atoms with van der Waals surface area (Å²) in [6, 6.07) is 9.86. The smallest absolute Gasteiger partial charge is 0.124 e. The van der Waals surface area contributed by atoms with Crippen molar-refractivity contribution in [2.24, 2.45) is 16.8 Å². The zero-order valence-electron chi connectivity index (χ0n) is 10.2. The quantitative estimate of drug-likeness (QED) is 0.787. The average molecular weight is 233 g/mol. The van der Waals surface area contributed by atoms with Crippen molar-refractivity contribution in [3.8, 4) is 5.75 Å². The summed E-state index contributed by atoms with van der Waals surface area (Å²) < 4.78 is 5.61. The summed E-state index contributed by atoms with van der Waals surface area (Å²) in [6.45, 7) is 4.64. The highest BCUT2D eigenvalue weighted by Gasteiger charge is 2.19. The van der Waals surface area contributed by atoms with Gasteiger partial charge in [-0.25, -0.2) is 0 Å². The van der Waals surface area contributed by atoms with Crippen LogP contribution in [0.1, 0.15) is 13.3 Å². The van der Waals surface area contributed by atoms with Gasteiger partial charge in [0.05, 0.1) is 6.61 Å². The van der Waals surface area contributed by atoms with Gasteiger partial charge in [-0.1, -0.05) is 25.1 Å². The second-order valence-corrected chi connectivity index (χ2v) is 4.35. The maximum Gasteiger partial charge on any atom is 0.124 e. The summed E-state index contributed by atoms with van der Waals surface area (Å²) in [5.41, 5.74) is 5.74. The third-order valence-corrected chi connectivity index (χ3v) is 2.82. The van der Waals surface area contributed by atoms with Gasteiger partial charge in [-0.05, 0) is 12.1 Å². The first-order valence-corrected chi connectivity index (χ1v) is 6.02. The molecule has 0 saturated heterocycles. The van der Waals surface area contributed by atoms with Gasteiger partial charge in [0.25, 0.3) is 0 Å². The number of para-hydroxylation sites is 1. The molecule has 0 amide bonds. The van der Waals surface area contributed by atoms with Crippen LogP contribution in [0.25, 0.3) is 0 Å². The minimum absolute atomic E-state index is 0.380. The van der Waals surface area contributed by atoms with E-state index in [1.807, 2.05) is 35.3 Å². The van der Waals surface area contributed by atoms with E-state index in [9.17, 15) is 0 Å². The molecule has 1 heterocycles. The van der Waals surface area contributed by atoms with Crippen LogP contribution in [0.5, 0.6) is 5.75 Å². The minimum Gasteiger partial charge on any atom is -0.494 e. The van der Waals surface area contributed by atoms with Crippen LogP contribution in [-0.2, 0) is 0 Å². The molecule has 1 atom stereocenters. The number of nitrogens with zero attached hydrogens (tertiary/aromatic N) is 2. The number of hydrogen-bond donors (Lipinski definition) is 1. The van der Waals surface area contributed by atoms with Gasteiger partial charge in [-0.2, -0.15) is 5.10 Å². The summed E-state index contributed by atoms with van der Waals surface area (Å²) in [6.07, 6.45) is 0.957. The fourth-order valence-corrected chi connectivity index (χ4v) is 1.81. The zero-order valence-corrected chi connectivity index (χ0v) is 10.2. The normalized spacial score (nSPS) is 19.2. The van der Waals surface area contributed by atoms with E-state index >= 15 is 0 Å². The van der Waals surface area contributed by atoms with E-state index in [0.29, 0.717) is 12.5 Å². The Kier molecular flexibility index (Phi) is 3.85. The highest BCUT2D eigenvalue weighted by Crippen LogP contribution is 2.11. The Morgan fingerprint density at radius 3 is 2.82 bits per heavy atom. The van der Waals surface area contributed by atoms with Gasteiger partial charge < -0.3 is 10.5 Å². The van der Waals surface area contributed by atoms with Gasteiger partial charge in [0.2, 0.25) is 0 Å². The summed E-state index contributed by atoms with van der Waals surface area (Å²) in [5.74, 6) is 2.05. The van der Waals surface area contributed by atoms with E-state index in [0.717, 1.165) is 31.1 Å². The fourth-order valence-electron chi connectivity index (χ4n) is 1.81. The lowest BCUT2D eigenvalue weighted by Gasteiger charge is -2.14. The SMILES string of the molecule is CC1CN(CCCOc2ccccc2)N=C1N. The molecule has 1 aromatic carbocycles. The minimum atomic E-state index is 0.380. The van der Waals surface area contributed by atoms with E-state index in [-0.39, 0.29) is 0 Å².